The molecule has 1 aromatic carbocycles. The minimum absolute atomic E-state index is 0.123. The molecule has 1 N–H and O–H groups in total. The van der Waals surface area contributed by atoms with E-state index in [0.29, 0.717) is 5.69 Å². The maximum Gasteiger partial charge on any atom is 0.416 e. The lowest BCUT2D eigenvalue weighted by molar-refractivity contribution is -0.137. The lowest BCUT2D eigenvalue weighted by Crippen LogP contribution is -2.10. The first-order chi connectivity index (χ1) is 9.70. The molecule has 0 saturated heterocycles. The second-order valence-electron chi connectivity index (χ2n) is 5.15. The Morgan fingerprint density at radius 2 is 1.90 bits per heavy atom. The van der Waals surface area contributed by atoms with Gasteiger partial charge in [-0.15, -0.1) is 0 Å². The van der Waals surface area contributed by atoms with Crippen molar-refractivity contribution in [3.63, 3.8) is 0 Å². The van der Waals surface area contributed by atoms with Crippen molar-refractivity contribution in [1.82, 2.24) is 9.78 Å². The highest BCUT2D eigenvalue weighted by atomic mass is 19.4. The van der Waals surface area contributed by atoms with Gasteiger partial charge in [0.2, 0.25) is 0 Å². The summed E-state index contributed by atoms with van der Waals surface area (Å²) in [4.78, 5) is 0. The fourth-order valence-electron chi connectivity index (χ4n) is 2.52. The molecule has 1 unspecified atom stereocenters. The molecule has 0 spiro atoms. The van der Waals surface area contributed by atoms with Crippen LogP contribution in [0.3, 0.4) is 0 Å². The molecule has 21 heavy (non-hydrogen) atoms. The SMILES string of the molecule is Cc1nn(C)c(C)c1C(C)Nc1cccc(C(F)(F)F)c1. The second-order valence-corrected chi connectivity index (χ2v) is 5.15. The summed E-state index contributed by atoms with van der Waals surface area (Å²) in [6.07, 6.45) is -4.33. The van der Waals surface area contributed by atoms with Gasteiger partial charge in [0.05, 0.1) is 17.3 Å². The zero-order chi connectivity index (χ0) is 15.8. The quantitative estimate of drug-likeness (QED) is 0.919. The standard InChI is InChI=1S/C15H18F3N3/c1-9(14-10(2)20-21(4)11(14)3)19-13-7-5-6-12(8-13)15(16,17)18/h5-9,19H,1-4H3. The summed E-state index contributed by atoms with van der Waals surface area (Å²) in [6, 6.07) is 5.10. The number of aromatic nitrogens is 2. The van der Waals surface area contributed by atoms with E-state index < -0.39 is 11.7 Å². The molecule has 0 bridgehead atoms. The van der Waals surface area contributed by atoms with Crippen molar-refractivity contribution in [2.45, 2.75) is 33.0 Å². The van der Waals surface area contributed by atoms with Gasteiger partial charge in [-0.3, -0.25) is 4.68 Å². The third kappa shape index (κ3) is 3.20. The Kier molecular flexibility index (Phi) is 3.98. The molecule has 1 atom stereocenters. The van der Waals surface area contributed by atoms with E-state index in [1.54, 1.807) is 10.7 Å². The van der Waals surface area contributed by atoms with Crippen LogP contribution < -0.4 is 5.32 Å². The van der Waals surface area contributed by atoms with Crippen LogP contribution in [-0.4, -0.2) is 9.78 Å². The molecule has 0 aliphatic carbocycles. The van der Waals surface area contributed by atoms with Crippen molar-refractivity contribution in [3.05, 3.63) is 46.8 Å². The molecule has 0 aliphatic heterocycles. The average molecular weight is 297 g/mol. The molecule has 0 radical (unpaired) electrons. The van der Waals surface area contributed by atoms with Crippen LogP contribution in [0.1, 0.15) is 35.5 Å². The first-order valence-electron chi connectivity index (χ1n) is 6.64. The monoisotopic (exact) mass is 297 g/mol. The lowest BCUT2D eigenvalue weighted by Gasteiger charge is -2.17. The van der Waals surface area contributed by atoms with Crippen LogP contribution >= 0.6 is 0 Å². The predicted octanol–water partition coefficient (Wildman–Crippen LogP) is 4.23. The van der Waals surface area contributed by atoms with Gasteiger partial charge in [0, 0.05) is 24.0 Å². The van der Waals surface area contributed by atoms with Crippen LogP contribution in [-0.2, 0) is 13.2 Å². The predicted molar refractivity (Wildman–Crippen MR) is 76.2 cm³/mol. The highest BCUT2D eigenvalue weighted by molar-refractivity contribution is 5.49. The highest BCUT2D eigenvalue weighted by Gasteiger charge is 2.30. The van der Waals surface area contributed by atoms with Crippen molar-refractivity contribution in [2.75, 3.05) is 5.32 Å². The summed E-state index contributed by atoms with van der Waals surface area (Å²) in [5, 5.41) is 7.44. The molecule has 1 heterocycles. The molecule has 0 amide bonds. The van der Waals surface area contributed by atoms with Crippen LogP contribution in [0.4, 0.5) is 18.9 Å². The summed E-state index contributed by atoms with van der Waals surface area (Å²) in [6.45, 7) is 5.75. The third-order valence-electron chi connectivity index (χ3n) is 3.57. The minimum Gasteiger partial charge on any atom is -0.378 e. The molecule has 1 aromatic heterocycles. The molecule has 6 heteroatoms. The molecule has 3 nitrogen and oxygen atoms in total. The maximum atomic E-state index is 12.7. The Labute approximate surface area is 121 Å². The van der Waals surface area contributed by atoms with Gasteiger partial charge in [0.25, 0.3) is 0 Å². The zero-order valence-corrected chi connectivity index (χ0v) is 12.4. The number of anilines is 1. The van der Waals surface area contributed by atoms with Crippen molar-refractivity contribution >= 4 is 5.69 Å². The summed E-state index contributed by atoms with van der Waals surface area (Å²) in [5.41, 5.74) is 2.68. The fourth-order valence-corrected chi connectivity index (χ4v) is 2.52. The number of nitrogens with one attached hydrogen (secondary N) is 1. The maximum absolute atomic E-state index is 12.7. The van der Waals surface area contributed by atoms with Gasteiger partial charge in [-0.25, -0.2) is 0 Å². The molecular weight excluding hydrogens is 279 g/mol. The first kappa shape index (κ1) is 15.4. The number of hydrogen-bond acceptors (Lipinski definition) is 2. The largest absolute Gasteiger partial charge is 0.416 e. The summed E-state index contributed by atoms with van der Waals surface area (Å²) in [7, 11) is 1.85. The smallest absolute Gasteiger partial charge is 0.378 e. The molecule has 0 fully saturated rings. The molecular formula is C15H18F3N3. The number of rotatable bonds is 3. The number of aryl methyl sites for hydroxylation is 2. The van der Waals surface area contributed by atoms with Crippen molar-refractivity contribution in [2.24, 2.45) is 7.05 Å². The highest BCUT2D eigenvalue weighted by Crippen LogP contribution is 2.32. The summed E-state index contributed by atoms with van der Waals surface area (Å²) < 4.78 is 39.9. The number of nitrogens with zero attached hydrogens (tertiary/aromatic N) is 2. The molecule has 0 aliphatic rings. The summed E-state index contributed by atoms with van der Waals surface area (Å²) >= 11 is 0. The molecule has 2 rings (SSSR count). The van der Waals surface area contributed by atoms with E-state index in [4.69, 9.17) is 0 Å². The Morgan fingerprint density at radius 1 is 1.24 bits per heavy atom. The Bertz CT molecular complexity index is 644. The Morgan fingerprint density at radius 3 is 2.43 bits per heavy atom. The van der Waals surface area contributed by atoms with Gasteiger partial charge < -0.3 is 5.32 Å². The topological polar surface area (TPSA) is 29.9 Å². The van der Waals surface area contributed by atoms with Gasteiger partial charge in [-0.05, 0) is 39.0 Å². The molecule has 2 aromatic rings. The van der Waals surface area contributed by atoms with Crippen LogP contribution in [0.2, 0.25) is 0 Å². The number of benzene rings is 1. The minimum atomic E-state index is -4.33. The van der Waals surface area contributed by atoms with E-state index in [0.717, 1.165) is 29.1 Å². The third-order valence-corrected chi connectivity index (χ3v) is 3.57. The van der Waals surface area contributed by atoms with Gasteiger partial charge in [0.15, 0.2) is 0 Å². The number of alkyl halides is 3. The van der Waals surface area contributed by atoms with Crippen molar-refractivity contribution in [3.8, 4) is 0 Å². The van der Waals surface area contributed by atoms with E-state index in [1.165, 1.54) is 6.07 Å². The lowest BCUT2D eigenvalue weighted by atomic mass is 10.1. The van der Waals surface area contributed by atoms with E-state index in [9.17, 15) is 13.2 Å². The average Bonchev–Trinajstić information content (AvgIpc) is 2.62. The van der Waals surface area contributed by atoms with Crippen LogP contribution in [0.15, 0.2) is 24.3 Å². The van der Waals surface area contributed by atoms with Crippen molar-refractivity contribution < 1.29 is 13.2 Å². The van der Waals surface area contributed by atoms with Crippen LogP contribution in [0.25, 0.3) is 0 Å². The van der Waals surface area contributed by atoms with Crippen molar-refractivity contribution in [1.29, 1.82) is 0 Å². The molecule has 0 saturated carbocycles. The Balaban J connectivity index is 2.26. The van der Waals surface area contributed by atoms with E-state index in [2.05, 4.69) is 10.4 Å². The normalized spacial score (nSPS) is 13.3. The van der Waals surface area contributed by atoms with E-state index in [1.807, 2.05) is 27.8 Å². The zero-order valence-electron chi connectivity index (χ0n) is 12.4. The Hall–Kier alpha value is -1.98. The fraction of sp³-hybridized carbons (Fsp3) is 0.400. The van der Waals surface area contributed by atoms with Gasteiger partial charge >= 0.3 is 6.18 Å². The number of halogens is 3. The second kappa shape index (κ2) is 5.42. The molecule has 114 valence electrons. The van der Waals surface area contributed by atoms with Gasteiger partial charge in [-0.1, -0.05) is 6.07 Å². The van der Waals surface area contributed by atoms with Gasteiger partial charge in [0.1, 0.15) is 0 Å². The van der Waals surface area contributed by atoms with E-state index >= 15 is 0 Å². The first-order valence-corrected chi connectivity index (χ1v) is 6.64. The van der Waals surface area contributed by atoms with Crippen LogP contribution in [0.5, 0.6) is 0 Å². The van der Waals surface area contributed by atoms with Gasteiger partial charge in [-0.2, -0.15) is 18.3 Å². The summed E-state index contributed by atoms with van der Waals surface area (Å²) in [5.74, 6) is 0. The number of hydrogen-bond donors (Lipinski definition) is 1. The van der Waals surface area contributed by atoms with E-state index in [-0.39, 0.29) is 6.04 Å². The van der Waals surface area contributed by atoms with Crippen LogP contribution in [0, 0.1) is 13.8 Å².